The van der Waals surface area contributed by atoms with Crippen LogP contribution in [0.15, 0.2) is 303 Å². The molecule has 4 aliphatic rings. The van der Waals surface area contributed by atoms with Crippen molar-refractivity contribution in [1.82, 2.24) is 0 Å². The Balaban J connectivity index is 0.000000136. The maximum absolute atomic E-state index is 2.56. The SMILES string of the molecule is CC1(C)c2cc3c(cc2-c2c1ccc1ccccc21)C(C)(C)c1cc2ccc4cccc5ccc(c1-3)c2c45.c1ccc(C2(c3ccccc3)c3ccccc3-c3c4cccc5c4c(c4cccc2c34)-c2ccccc2C5(c2ccccc2)c2ccccc2)cc1. The van der Waals surface area contributed by atoms with Crippen LogP contribution in [0.2, 0.25) is 0 Å². The maximum Gasteiger partial charge on any atom is 0.0713 e. The maximum atomic E-state index is 2.56. The molecule has 20 rings (SSSR count). The molecule has 0 spiro atoms. The van der Waals surface area contributed by atoms with Crippen LogP contribution in [0.3, 0.4) is 0 Å². The third-order valence-electron chi connectivity index (χ3n) is 22.0. The van der Waals surface area contributed by atoms with Gasteiger partial charge in [0.1, 0.15) is 0 Å². The van der Waals surface area contributed by atoms with E-state index < -0.39 is 10.8 Å². The van der Waals surface area contributed by atoms with Crippen molar-refractivity contribution in [3.63, 3.8) is 0 Å². The van der Waals surface area contributed by atoms with E-state index in [0.717, 1.165) is 0 Å². The molecule has 0 atom stereocenters. The second kappa shape index (κ2) is 18.5. The summed E-state index contributed by atoms with van der Waals surface area (Å²) in [7, 11) is 0. The lowest BCUT2D eigenvalue weighted by Gasteiger charge is -2.45. The monoisotopic (exact) mass is 1140 g/mol. The minimum absolute atomic E-state index is 0.0413. The third-order valence-corrected chi connectivity index (χ3v) is 22.0. The quantitative estimate of drug-likeness (QED) is 0.122. The van der Waals surface area contributed by atoms with E-state index >= 15 is 0 Å². The van der Waals surface area contributed by atoms with Crippen molar-refractivity contribution in [3.05, 3.63) is 370 Å². The number of benzene rings is 16. The van der Waals surface area contributed by atoms with Crippen molar-refractivity contribution in [3.8, 4) is 44.5 Å². The van der Waals surface area contributed by atoms with Gasteiger partial charge in [-0.05, 0) is 194 Å². The summed E-state index contributed by atoms with van der Waals surface area (Å²) < 4.78 is 0. The highest BCUT2D eigenvalue weighted by atomic mass is 14.5. The van der Waals surface area contributed by atoms with E-state index in [2.05, 4.69) is 331 Å². The van der Waals surface area contributed by atoms with Gasteiger partial charge in [0.2, 0.25) is 0 Å². The molecule has 0 unspecified atom stereocenters. The predicted octanol–water partition coefficient (Wildman–Crippen LogP) is 23.1. The molecule has 0 radical (unpaired) electrons. The number of hydrogen-bond donors (Lipinski definition) is 0. The average molecular weight is 1140 g/mol. The lowest BCUT2D eigenvalue weighted by atomic mass is 9.56. The Bertz CT molecular complexity index is 5400. The van der Waals surface area contributed by atoms with Crippen LogP contribution in [0.5, 0.6) is 0 Å². The molecule has 0 fully saturated rings. The normalized spacial score (nSPS) is 15.2. The first-order chi connectivity index (χ1) is 44.2. The van der Waals surface area contributed by atoms with Gasteiger partial charge in [0.15, 0.2) is 0 Å². The molecule has 0 N–H and O–H groups in total. The molecule has 0 nitrogen and oxygen atoms in total. The summed E-state index contributed by atoms with van der Waals surface area (Å²) in [4.78, 5) is 0. The highest BCUT2D eigenvalue weighted by Gasteiger charge is 2.49. The van der Waals surface area contributed by atoms with Crippen molar-refractivity contribution in [1.29, 1.82) is 0 Å². The lowest BCUT2D eigenvalue weighted by molar-refractivity contribution is 0.652. The first kappa shape index (κ1) is 51.4. The molecule has 422 valence electrons. The van der Waals surface area contributed by atoms with Gasteiger partial charge in [0.05, 0.1) is 10.8 Å². The molecular weight excluding hydrogens is 1080 g/mol. The third kappa shape index (κ3) is 6.50. The minimum Gasteiger partial charge on any atom is -0.0622 e. The van der Waals surface area contributed by atoms with Crippen molar-refractivity contribution in [2.24, 2.45) is 0 Å². The molecule has 4 aliphatic carbocycles. The van der Waals surface area contributed by atoms with Gasteiger partial charge in [-0.1, -0.05) is 313 Å². The Morgan fingerprint density at radius 2 is 0.556 bits per heavy atom. The van der Waals surface area contributed by atoms with Crippen LogP contribution in [0, 0.1) is 0 Å². The summed E-state index contributed by atoms with van der Waals surface area (Å²) in [6.07, 6.45) is 0. The fourth-order valence-electron chi connectivity index (χ4n) is 18.2. The molecule has 0 saturated carbocycles. The lowest BCUT2D eigenvalue weighted by Crippen LogP contribution is -2.35. The Hall–Kier alpha value is -10.7. The molecule has 0 saturated heterocycles. The van der Waals surface area contributed by atoms with E-state index in [1.807, 2.05) is 0 Å². The van der Waals surface area contributed by atoms with E-state index in [-0.39, 0.29) is 10.8 Å². The second-order valence-electron chi connectivity index (χ2n) is 26.8. The van der Waals surface area contributed by atoms with Gasteiger partial charge in [-0.25, -0.2) is 0 Å². The highest BCUT2D eigenvalue weighted by Crippen LogP contribution is 2.64. The zero-order valence-electron chi connectivity index (χ0n) is 50.9. The van der Waals surface area contributed by atoms with Gasteiger partial charge < -0.3 is 0 Å². The smallest absolute Gasteiger partial charge is 0.0622 e. The first-order valence-corrected chi connectivity index (χ1v) is 32.1. The Morgan fingerprint density at radius 1 is 0.189 bits per heavy atom. The Labute approximate surface area is 525 Å². The van der Waals surface area contributed by atoms with Crippen molar-refractivity contribution in [2.45, 2.75) is 49.4 Å². The molecule has 90 heavy (non-hydrogen) atoms. The van der Waals surface area contributed by atoms with E-state index in [4.69, 9.17) is 0 Å². The number of hydrogen-bond acceptors (Lipinski definition) is 0. The van der Waals surface area contributed by atoms with E-state index in [0.29, 0.717) is 0 Å². The molecule has 0 heterocycles. The molecular formula is C90H62. The van der Waals surface area contributed by atoms with Crippen LogP contribution in [-0.4, -0.2) is 0 Å². The molecule has 0 amide bonds. The van der Waals surface area contributed by atoms with Crippen LogP contribution in [-0.2, 0) is 21.7 Å². The number of rotatable bonds is 4. The van der Waals surface area contributed by atoms with Crippen molar-refractivity contribution in [2.75, 3.05) is 0 Å². The Morgan fingerprint density at radius 3 is 1.08 bits per heavy atom. The average Bonchev–Trinajstić information content (AvgIpc) is 0.785. The second-order valence-corrected chi connectivity index (χ2v) is 26.8. The highest BCUT2D eigenvalue weighted by molar-refractivity contribution is 6.28. The van der Waals surface area contributed by atoms with Crippen LogP contribution in [0.4, 0.5) is 0 Å². The van der Waals surface area contributed by atoms with E-state index in [1.54, 1.807) is 0 Å². The number of fused-ring (bicyclic) bond motifs is 15. The molecule has 16 aromatic carbocycles. The molecule has 0 aromatic heterocycles. The molecule has 16 aromatic rings. The summed E-state index contributed by atoms with van der Waals surface area (Å²) >= 11 is 0. The zero-order valence-corrected chi connectivity index (χ0v) is 50.9. The van der Waals surface area contributed by atoms with Crippen LogP contribution < -0.4 is 0 Å². The van der Waals surface area contributed by atoms with Gasteiger partial charge in [-0.15, -0.1) is 0 Å². The van der Waals surface area contributed by atoms with Crippen LogP contribution in [0.25, 0.3) is 109 Å². The summed E-state index contributed by atoms with van der Waals surface area (Å²) in [5, 5.41) is 16.2. The zero-order chi connectivity index (χ0) is 59.8. The Kier molecular flexibility index (Phi) is 10.5. The standard InChI is InChI=1S/C52H34.C38H28/c1-5-19-35(20-6-1)51(36-21-7-2-8-22-36)43-31-15-13-27-39(43)47-42-30-18-34-46-50(42)48(41-29-17-33-45(51)49(41)47)40-28-14-16-32-44(40)52(46,37-23-9-3-10-24-37)38-25-11-4-12-26-38;1-37(2)29-17-15-21-8-5-6-11-25(21)35(29)27-19-31-28(20-30(27)37)36-26-16-14-23-10-7-9-22-12-13-24(34(26)33(22)23)18-32(36)38(31,3)4/h1-34H;5-20H,1-4H3. The van der Waals surface area contributed by atoms with Crippen LogP contribution in [0.1, 0.15) is 94.5 Å². The molecule has 0 aliphatic heterocycles. The summed E-state index contributed by atoms with van der Waals surface area (Å²) in [6.45, 7) is 9.66. The van der Waals surface area contributed by atoms with Gasteiger partial charge >= 0.3 is 0 Å². The fourth-order valence-corrected chi connectivity index (χ4v) is 18.2. The van der Waals surface area contributed by atoms with Crippen LogP contribution >= 0.6 is 0 Å². The fraction of sp³-hybridized carbons (Fsp3) is 0.0889. The van der Waals surface area contributed by atoms with Gasteiger partial charge in [0, 0.05) is 10.8 Å². The predicted molar refractivity (Wildman–Crippen MR) is 379 cm³/mol. The van der Waals surface area contributed by atoms with E-state index in [9.17, 15) is 0 Å². The van der Waals surface area contributed by atoms with Gasteiger partial charge in [-0.2, -0.15) is 0 Å². The summed E-state index contributed by atoms with van der Waals surface area (Å²) in [5.74, 6) is 0. The molecule has 0 bridgehead atoms. The summed E-state index contributed by atoms with van der Waals surface area (Å²) in [6, 6.07) is 114. The van der Waals surface area contributed by atoms with Gasteiger partial charge in [-0.3, -0.25) is 0 Å². The first-order valence-electron chi connectivity index (χ1n) is 32.1. The van der Waals surface area contributed by atoms with Crippen molar-refractivity contribution >= 4 is 64.6 Å². The van der Waals surface area contributed by atoms with Gasteiger partial charge in [0.25, 0.3) is 0 Å². The largest absolute Gasteiger partial charge is 0.0713 e. The van der Waals surface area contributed by atoms with E-state index in [1.165, 1.54) is 176 Å². The molecule has 0 heteroatoms. The minimum atomic E-state index is -0.504. The topological polar surface area (TPSA) is 0 Å². The van der Waals surface area contributed by atoms with Crippen molar-refractivity contribution < 1.29 is 0 Å². The summed E-state index contributed by atoms with van der Waals surface area (Å²) in [5.41, 5.74) is 26.1.